The Kier molecular flexibility index (Phi) is 4.20. The van der Waals surface area contributed by atoms with Crippen LogP contribution in [0.15, 0.2) is 33.1 Å². The summed E-state index contributed by atoms with van der Waals surface area (Å²) in [6.07, 6.45) is 1.98. The van der Waals surface area contributed by atoms with Crippen LogP contribution >= 0.6 is 23.5 Å². The Morgan fingerprint density at radius 3 is 2.71 bits per heavy atom. The average molecular weight is 270 g/mol. The van der Waals surface area contributed by atoms with Crippen molar-refractivity contribution in [3.05, 3.63) is 23.8 Å². The number of rotatable bonds is 4. The van der Waals surface area contributed by atoms with E-state index in [0.717, 1.165) is 28.6 Å². The Bertz CT molecular complexity index is 433. The van der Waals surface area contributed by atoms with E-state index in [1.54, 1.807) is 23.5 Å². The molecular weight excluding hydrogens is 256 g/mol. The standard InChI is InChI=1S/C11H14N2O2S2/c1-16-8-3-2-4-9(10(8)11(12)13-14)17-7-5-15-6-7/h2-4,7,14H,5-6H2,1H3,(H2,12,13). The highest BCUT2D eigenvalue weighted by Gasteiger charge is 2.22. The Balaban J connectivity index is 2.34. The van der Waals surface area contributed by atoms with Gasteiger partial charge in [0.25, 0.3) is 0 Å². The summed E-state index contributed by atoms with van der Waals surface area (Å²) in [7, 11) is 0. The molecule has 0 amide bonds. The predicted molar refractivity (Wildman–Crippen MR) is 71.2 cm³/mol. The molecule has 4 nitrogen and oxygen atoms in total. The van der Waals surface area contributed by atoms with E-state index in [0.29, 0.717) is 5.25 Å². The minimum atomic E-state index is 0.165. The summed E-state index contributed by atoms with van der Waals surface area (Å²) in [6.45, 7) is 1.54. The minimum Gasteiger partial charge on any atom is -0.409 e. The molecule has 1 heterocycles. The molecule has 0 spiro atoms. The van der Waals surface area contributed by atoms with E-state index in [4.69, 9.17) is 15.7 Å². The molecule has 0 aliphatic carbocycles. The quantitative estimate of drug-likeness (QED) is 0.288. The maximum atomic E-state index is 8.86. The molecule has 1 fully saturated rings. The van der Waals surface area contributed by atoms with Gasteiger partial charge in [-0.2, -0.15) is 0 Å². The van der Waals surface area contributed by atoms with Crippen molar-refractivity contribution < 1.29 is 9.94 Å². The molecule has 1 aromatic rings. The van der Waals surface area contributed by atoms with Crippen molar-refractivity contribution in [2.45, 2.75) is 15.0 Å². The molecule has 0 aromatic heterocycles. The molecule has 2 rings (SSSR count). The van der Waals surface area contributed by atoms with Gasteiger partial charge >= 0.3 is 0 Å². The van der Waals surface area contributed by atoms with Gasteiger partial charge in [0, 0.05) is 15.4 Å². The minimum absolute atomic E-state index is 0.165. The zero-order chi connectivity index (χ0) is 12.3. The fraction of sp³-hybridized carbons (Fsp3) is 0.364. The van der Waals surface area contributed by atoms with E-state index in [-0.39, 0.29) is 5.84 Å². The Labute approximate surface area is 109 Å². The number of nitrogens with two attached hydrogens (primary N) is 1. The molecule has 0 saturated carbocycles. The number of benzene rings is 1. The van der Waals surface area contributed by atoms with Gasteiger partial charge in [-0.1, -0.05) is 11.2 Å². The van der Waals surface area contributed by atoms with E-state index < -0.39 is 0 Å². The maximum Gasteiger partial charge on any atom is 0.172 e. The number of hydrogen-bond donors (Lipinski definition) is 2. The molecule has 6 heteroatoms. The van der Waals surface area contributed by atoms with Crippen LogP contribution in [0.4, 0.5) is 0 Å². The number of nitrogens with zero attached hydrogens (tertiary/aromatic N) is 1. The molecule has 17 heavy (non-hydrogen) atoms. The normalized spacial score (nSPS) is 16.9. The number of amidine groups is 1. The third-order valence-corrected chi connectivity index (χ3v) is 4.45. The summed E-state index contributed by atoms with van der Waals surface area (Å²) in [4.78, 5) is 2.06. The maximum absolute atomic E-state index is 8.86. The van der Waals surface area contributed by atoms with E-state index in [2.05, 4.69) is 5.16 Å². The van der Waals surface area contributed by atoms with Gasteiger partial charge in [0.1, 0.15) is 0 Å². The van der Waals surface area contributed by atoms with Crippen molar-refractivity contribution in [2.24, 2.45) is 10.9 Å². The number of hydrogen-bond acceptors (Lipinski definition) is 5. The van der Waals surface area contributed by atoms with Gasteiger partial charge in [-0.15, -0.1) is 23.5 Å². The second-order valence-electron chi connectivity index (χ2n) is 3.60. The lowest BCUT2D eigenvalue weighted by Crippen LogP contribution is -2.30. The largest absolute Gasteiger partial charge is 0.409 e. The first-order valence-electron chi connectivity index (χ1n) is 5.15. The highest BCUT2D eigenvalue weighted by Crippen LogP contribution is 2.34. The van der Waals surface area contributed by atoms with Gasteiger partial charge in [-0.25, -0.2) is 0 Å². The summed E-state index contributed by atoms with van der Waals surface area (Å²) in [6, 6.07) is 5.96. The van der Waals surface area contributed by atoms with Crippen molar-refractivity contribution in [2.75, 3.05) is 19.5 Å². The van der Waals surface area contributed by atoms with E-state index in [9.17, 15) is 0 Å². The molecule has 1 saturated heterocycles. The molecule has 3 N–H and O–H groups in total. The van der Waals surface area contributed by atoms with Crippen LogP contribution in [0.5, 0.6) is 0 Å². The molecule has 1 aliphatic rings. The zero-order valence-corrected chi connectivity index (χ0v) is 11.1. The van der Waals surface area contributed by atoms with Crippen molar-refractivity contribution in [1.82, 2.24) is 0 Å². The van der Waals surface area contributed by atoms with Crippen LogP contribution < -0.4 is 5.73 Å². The fourth-order valence-corrected chi connectivity index (χ4v) is 3.42. The SMILES string of the molecule is CSc1cccc(SC2COC2)c1/C(N)=N/O. The van der Waals surface area contributed by atoms with Gasteiger partial charge in [0.05, 0.1) is 18.5 Å². The van der Waals surface area contributed by atoms with E-state index >= 15 is 0 Å². The predicted octanol–water partition coefficient (Wildman–Crippen LogP) is 1.99. The second kappa shape index (κ2) is 5.66. The summed E-state index contributed by atoms with van der Waals surface area (Å²) >= 11 is 3.31. The topological polar surface area (TPSA) is 67.8 Å². The van der Waals surface area contributed by atoms with Crippen molar-refractivity contribution in [1.29, 1.82) is 0 Å². The summed E-state index contributed by atoms with van der Waals surface area (Å²) in [5.41, 5.74) is 6.57. The molecule has 1 aliphatic heterocycles. The summed E-state index contributed by atoms with van der Waals surface area (Å²) in [5, 5.41) is 12.4. The highest BCUT2D eigenvalue weighted by molar-refractivity contribution is 8.00. The lowest BCUT2D eigenvalue weighted by atomic mass is 10.2. The van der Waals surface area contributed by atoms with Crippen LogP contribution in [0.3, 0.4) is 0 Å². The summed E-state index contributed by atoms with van der Waals surface area (Å²) < 4.78 is 5.15. The van der Waals surface area contributed by atoms with Crippen LogP contribution in [0.25, 0.3) is 0 Å². The van der Waals surface area contributed by atoms with Crippen molar-refractivity contribution in [3.8, 4) is 0 Å². The molecule has 0 bridgehead atoms. The Morgan fingerprint density at radius 1 is 1.47 bits per heavy atom. The third kappa shape index (κ3) is 2.70. The monoisotopic (exact) mass is 270 g/mol. The van der Waals surface area contributed by atoms with Crippen molar-refractivity contribution >= 4 is 29.4 Å². The smallest absolute Gasteiger partial charge is 0.172 e. The number of thioether (sulfide) groups is 2. The van der Waals surface area contributed by atoms with E-state index in [1.165, 1.54) is 0 Å². The molecule has 92 valence electrons. The first-order chi connectivity index (χ1) is 8.26. The van der Waals surface area contributed by atoms with Crippen LogP contribution in [0.1, 0.15) is 5.56 Å². The number of oxime groups is 1. The highest BCUT2D eigenvalue weighted by atomic mass is 32.2. The molecule has 0 atom stereocenters. The average Bonchev–Trinajstić information content (AvgIpc) is 2.32. The Hall–Kier alpha value is -0.850. The lowest BCUT2D eigenvalue weighted by Gasteiger charge is -2.26. The second-order valence-corrected chi connectivity index (χ2v) is 5.79. The zero-order valence-electron chi connectivity index (χ0n) is 9.42. The summed E-state index contributed by atoms with van der Waals surface area (Å²) in [5.74, 6) is 0.165. The van der Waals surface area contributed by atoms with Crippen LogP contribution in [-0.4, -0.2) is 35.8 Å². The molecule has 0 radical (unpaired) electrons. The lowest BCUT2D eigenvalue weighted by molar-refractivity contribution is 0.0455. The fourth-order valence-electron chi connectivity index (χ4n) is 1.54. The molecular formula is C11H14N2O2S2. The Morgan fingerprint density at radius 2 is 2.18 bits per heavy atom. The van der Waals surface area contributed by atoms with Gasteiger partial charge in [-0.3, -0.25) is 0 Å². The van der Waals surface area contributed by atoms with Crippen LogP contribution in [0.2, 0.25) is 0 Å². The van der Waals surface area contributed by atoms with Gasteiger partial charge < -0.3 is 15.7 Å². The van der Waals surface area contributed by atoms with Crippen molar-refractivity contribution in [3.63, 3.8) is 0 Å². The van der Waals surface area contributed by atoms with Gasteiger partial charge in [0.2, 0.25) is 0 Å². The molecule has 0 unspecified atom stereocenters. The number of ether oxygens (including phenoxy) is 1. The van der Waals surface area contributed by atoms with Crippen LogP contribution in [0, 0.1) is 0 Å². The van der Waals surface area contributed by atoms with E-state index in [1.807, 2.05) is 24.5 Å². The molecule has 1 aromatic carbocycles. The first-order valence-corrected chi connectivity index (χ1v) is 7.26. The first kappa shape index (κ1) is 12.6. The van der Waals surface area contributed by atoms with Gasteiger partial charge in [-0.05, 0) is 18.4 Å². The third-order valence-electron chi connectivity index (χ3n) is 2.47. The van der Waals surface area contributed by atoms with Gasteiger partial charge in [0.15, 0.2) is 5.84 Å². The van der Waals surface area contributed by atoms with Crippen LogP contribution in [-0.2, 0) is 4.74 Å².